The highest BCUT2D eigenvalue weighted by molar-refractivity contribution is 6.08. The lowest BCUT2D eigenvalue weighted by Gasteiger charge is -2.26. The molecule has 0 unspecified atom stereocenters. The van der Waals surface area contributed by atoms with E-state index in [0.29, 0.717) is 24.2 Å². The molecule has 0 aromatic heterocycles. The third-order valence-electron chi connectivity index (χ3n) is 2.73. The zero-order chi connectivity index (χ0) is 11.7. The Hall–Kier alpha value is -1.71. The molecule has 0 spiro atoms. The molecular formula is C12H12FNO2. The molecule has 1 amide bonds. The van der Waals surface area contributed by atoms with Crippen LogP contribution in [0.4, 0.5) is 10.1 Å². The number of anilines is 1. The first-order valence-electron chi connectivity index (χ1n) is 5.16. The molecule has 1 saturated heterocycles. The predicted molar refractivity (Wildman–Crippen MR) is 57.7 cm³/mol. The first kappa shape index (κ1) is 10.8. The summed E-state index contributed by atoms with van der Waals surface area (Å²) in [4.78, 5) is 24.1. The average Bonchev–Trinajstić information content (AvgIpc) is 2.22. The maximum absolute atomic E-state index is 13.3. The Morgan fingerprint density at radius 1 is 1.31 bits per heavy atom. The molecule has 84 valence electrons. The molecule has 2 rings (SSSR count). The number of carbonyl (C=O) groups is 2. The molecule has 1 aromatic rings. The number of Topliss-reactive ketones (excluding diaryl/α,β-unsaturated/α-hetero) is 1. The van der Waals surface area contributed by atoms with Gasteiger partial charge in [0.1, 0.15) is 11.6 Å². The lowest BCUT2D eigenvalue weighted by atomic mass is 10.1. The Labute approximate surface area is 92.9 Å². The Bertz CT molecular complexity index is 456. The van der Waals surface area contributed by atoms with Crippen LogP contribution < -0.4 is 4.90 Å². The number of amides is 1. The summed E-state index contributed by atoms with van der Waals surface area (Å²) in [5.41, 5.74) is 1.07. The van der Waals surface area contributed by atoms with Crippen LogP contribution >= 0.6 is 0 Å². The molecule has 1 fully saturated rings. The number of rotatable bonds is 1. The van der Waals surface area contributed by atoms with Gasteiger partial charge in [0.25, 0.3) is 0 Å². The minimum absolute atomic E-state index is 0.0474. The van der Waals surface area contributed by atoms with Crippen molar-refractivity contribution in [3.8, 4) is 0 Å². The largest absolute Gasteiger partial charge is 0.312 e. The fourth-order valence-corrected chi connectivity index (χ4v) is 1.74. The number of piperidine rings is 1. The molecule has 3 nitrogen and oxygen atoms in total. The van der Waals surface area contributed by atoms with Crippen LogP contribution in [0.25, 0.3) is 0 Å². The fourth-order valence-electron chi connectivity index (χ4n) is 1.74. The van der Waals surface area contributed by atoms with E-state index in [-0.39, 0.29) is 23.9 Å². The second-order valence-corrected chi connectivity index (χ2v) is 3.94. The topological polar surface area (TPSA) is 37.4 Å². The summed E-state index contributed by atoms with van der Waals surface area (Å²) >= 11 is 0. The van der Waals surface area contributed by atoms with Crippen molar-refractivity contribution >= 4 is 17.4 Å². The van der Waals surface area contributed by atoms with Gasteiger partial charge in [-0.2, -0.15) is 0 Å². The van der Waals surface area contributed by atoms with Crippen LogP contribution in [-0.2, 0) is 9.59 Å². The van der Waals surface area contributed by atoms with Crippen LogP contribution in [0.1, 0.15) is 18.4 Å². The van der Waals surface area contributed by atoms with Gasteiger partial charge in [0.2, 0.25) is 5.91 Å². The first-order valence-corrected chi connectivity index (χ1v) is 5.16. The van der Waals surface area contributed by atoms with Crippen molar-refractivity contribution in [2.24, 2.45) is 0 Å². The fraction of sp³-hybridized carbons (Fsp3) is 0.333. The zero-order valence-electron chi connectivity index (χ0n) is 9.00. The smallest absolute Gasteiger partial charge is 0.234 e. The summed E-state index contributed by atoms with van der Waals surface area (Å²) in [5, 5.41) is 0. The van der Waals surface area contributed by atoms with Crippen molar-refractivity contribution in [1.29, 1.82) is 0 Å². The molecule has 1 aliphatic heterocycles. The van der Waals surface area contributed by atoms with Gasteiger partial charge >= 0.3 is 0 Å². The lowest BCUT2D eigenvalue weighted by molar-refractivity contribution is -0.128. The van der Waals surface area contributed by atoms with E-state index in [1.165, 1.54) is 11.0 Å². The second-order valence-electron chi connectivity index (χ2n) is 3.94. The summed E-state index contributed by atoms with van der Waals surface area (Å²) in [5.74, 6) is -0.629. The molecule has 16 heavy (non-hydrogen) atoms. The van der Waals surface area contributed by atoms with E-state index >= 15 is 0 Å². The summed E-state index contributed by atoms with van der Waals surface area (Å²) in [6.07, 6.45) is 0.275. The van der Waals surface area contributed by atoms with Gasteiger partial charge in [0.05, 0.1) is 6.42 Å². The van der Waals surface area contributed by atoms with Gasteiger partial charge < -0.3 is 4.90 Å². The van der Waals surface area contributed by atoms with Crippen LogP contribution in [0.15, 0.2) is 18.2 Å². The minimum Gasteiger partial charge on any atom is -0.312 e. The first-order chi connectivity index (χ1) is 7.58. The molecule has 0 radical (unpaired) electrons. The van der Waals surface area contributed by atoms with Crippen molar-refractivity contribution in [2.45, 2.75) is 19.8 Å². The second kappa shape index (κ2) is 4.04. The number of aryl methyl sites for hydroxylation is 1. The quantitative estimate of drug-likeness (QED) is 0.678. The predicted octanol–water partition coefficient (Wildman–Crippen LogP) is 1.83. The maximum atomic E-state index is 13.3. The minimum atomic E-state index is -0.331. The standard InChI is InChI=1S/C12H12FNO2/c1-8-2-3-9(6-11(8)13)14-5-4-10(15)7-12(14)16/h2-3,6H,4-5,7H2,1H3. The number of hydrogen-bond acceptors (Lipinski definition) is 2. The highest BCUT2D eigenvalue weighted by atomic mass is 19.1. The van der Waals surface area contributed by atoms with E-state index in [1.54, 1.807) is 19.1 Å². The number of benzene rings is 1. The zero-order valence-corrected chi connectivity index (χ0v) is 9.00. The lowest BCUT2D eigenvalue weighted by Crippen LogP contribution is -2.39. The van der Waals surface area contributed by atoms with E-state index in [4.69, 9.17) is 0 Å². The van der Waals surface area contributed by atoms with Crippen molar-refractivity contribution < 1.29 is 14.0 Å². The van der Waals surface area contributed by atoms with E-state index < -0.39 is 0 Å². The number of ketones is 1. The summed E-state index contributed by atoms with van der Waals surface area (Å²) in [7, 11) is 0. The number of hydrogen-bond donors (Lipinski definition) is 0. The molecule has 4 heteroatoms. The Morgan fingerprint density at radius 2 is 2.06 bits per heavy atom. The van der Waals surface area contributed by atoms with E-state index in [1.807, 2.05) is 0 Å². The van der Waals surface area contributed by atoms with Gasteiger partial charge in [-0.25, -0.2) is 4.39 Å². The molecule has 1 heterocycles. The highest BCUT2D eigenvalue weighted by Gasteiger charge is 2.25. The molecule has 0 N–H and O–H groups in total. The Kier molecular flexibility index (Phi) is 2.73. The molecule has 0 aliphatic carbocycles. The van der Waals surface area contributed by atoms with E-state index in [2.05, 4.69) is 0 Å². The number of nitrogens with zero attached hydrogens (tertiary/aromatic N) is 1. The van der Waals surface area contributed by atoms with Crippen molar-refractivity contribution in [3.05, 3.63) is 29.6 Å². The molecule has 0 bridgehead atoms. The van der Waals surface area contributed by atoms with E-state index in [0.717, 1.165) is 0 Å². The van der Waals surface area contributed by atoms with E-state index in [9.17, 15) is 14.0 Å². The van der Waals surface area contributed by atoms with Gasteiger partial charge in [0.15, 0.2) is 0 Å². The maximum Gasteiger partial charge on any atom is 0.234 e. The normalized spacial score (nSPS) is 16.8. The third-order valence-corrected chi connectivity index (χ3v) is 2.73. The summed E-state index contributed by atoms with van der Waals surface area (Å²) in [6, 6.07) is 4.67. The molecule has 0 atom stereocenters. The average molecular weight is 221 g/mol. The molecular weight excluding hydrogens is 209 g/mol. The van der Waals surface area contributed by atoms with Crippen molar-refractivity contribution in [2.75, 3.05) is 11.4 Å². The van der Waals surface area contributed by atoms with Crippen LogP contribution in [-0.4, -0.2) is 18.2 Å². The van der Waals surface area contributed by atoms with Gasteiger partial charge in [-0.05, 0) is 24.6 Å². The summed E-state index contributed by atoms with van der Waals surface area (Å²) in [6.45, 7) is 2.01. The van der Waals surface area contributed by atoms with Crippen LogP contribution in [0.2, 0.25) is 0 Å². The van der Waals surface area contributed by atoms with Gasteiger partial charge in [-0.1, -0.05) is 6.07 Å². The Balaban J connectivity index is 2.27. The molecule has 1 aromatic carbocycles. The van der Waals surface area contributed by atoms with Crippen LogP contribution in [0.5, 0.6) is 0 Å². The van der Waals surface area contributed by atoms with Crippen LogP contribution in [0.3, 0.4) is 0 Å². The van der Waals surface area contributed by atoms with Gasteiger partial charge in [-0.3, -0.25) is 9.59 Å². The Morgan fingerprint density at radius 3 is 2.69 bits per heavy atom. The molecule has 1 aliphatic rings. The van der Waals surface area contributed by atoms with Gasteiger partial charge in [0, 0.05) is 18.7 Å². The van der Waals surface area contributed by atoms with Crippen molar-refractivity contribution in [1.82, 2.24) is 0 Å². The summed E-state index contributed by atoms with van der Waals surface area (Å²) < 4.78 is 13.3. The van der Waals surface area contributed by atoms with Crippen LogP contribution in [0, 0.1) is 12.7 Å². The van der Waals surface area contributed by atoms with Gasteiger partial charge in [-0.15, -0.1) is 0 Å². The number of halogens is 1. The molecule has 0 saturated carbocycles. The monoisotopic (exact) mass is 221 g/mol. The third kappa shape index (κ3) is 1.96. The van der Waals surface area contributed by atoms with Crippen molar-refractivity contribution in [3.63, 3.8) is 0 Å². The highest BCUT2D eigenvalue weighted by Crippen LogP contribution is 2.21. The SMILES string of the molecule is Cc1ccc(N2CCC(=O)CC2=O)cc1F. The number of carbonyl (C=O) groups excluding carboxylic acids is 2.